The summed E-state index contributed by atoms with van der Waals surface area (Å²) in [6.07, 6.45) is 77.9. The van der Waals surface area contributed by atoms with Crippen LogP contribution in [0.5, 0.6) is 0 Å². The van der Waals surface area contributed by atoms with Gasteiger partial charge in [0.15, 0.2) is 12.2 Å². The van der Waals surface area contributed by atoms with Crippen molar-refractivity contribution < 1.29 is 80.2 Å². The van der Waals surface area contributed by atoms with E-state index in [4.69, 9.17) is 37.0 Å². The van der Waals surface area contributed by atoms with Gasteiger partial charge in [0.1, 0.15) is 19.3 Å². The van der Waals surface area contributed by atoms with Gasteiger partial charge in [-0.2, -0.15) is 0 Å². The van der Waals surface area contributed by atoms with Crippen molar-refractivity contribution >= 4 is 39.5 Å². The molecule has 0 fully saturated rings. The molecular formula is C81H140O17P2. The number of esters is 4. The summed E-state index contributed by atoms with van der Waals surface area (Å²) >= 11 is 0. The SMILES string of the molecule is CC/C=C\C/C=C\C/C=C\C/C=C\CCCCCCC(=O)OCC(COP(=O)(O)OCC(O)COP(=O)(O)OCC(COC(=O)CCCCCCC/C=C\CCCCCCCC)OC(=O)CCCCCCCCCCCCCCC)OC(=O)CCCC/C=C\C/C=C\C/C=C\C/C=C\CC. The van der Waals surface area contributed by atoms with Crippen molar-refractivity contribution in [3.05, 3.63) is 109 Å². The highest BCUT2D eigenvalue weighted by molar-refractivity contribution is 7.47. The summed E-state index contributed by atoms with van der Waals surface area (Å²) in [5.74, 6) is -2.25. The first-order valence-corrected chi connectivity index (χ1v) is 42.1. The monoisotopic (exact) mass is 1450 g/mol. The minimum absolute atomic E-state index is 0.0356. The van der Waals surface area contributed by atoms with Crippen LogP contribution in [0.25, 0.3) is 0 Å². The molecule has 5 unspecified atom stereocenters. The van der Waals surface area contributed by atoms with E-state index >= 15 is 0 Å². The minimum atomic E-state index is -4.99. The number of ether oxygens (including phenoxy) is 4. The number of aliphatic hydroxyl groups is 1. The van der Waals surface area contributed by atoms with Crippen LogP contribution < -0.4 is 0 Å². The first-order chi connectivity index (χ1) is 48.7. The fourth-order valence-corrected chi connectivity index (χ4v) is 11.9. The highest BCUT2D eigenvalue weighted by atomic mass is 31.2. The second kappa shape index (κ2) is 73.0. The summed E-state index contributed by atoms with van der Waals surface area (Å²) < 4.78 is 68.5. The van der Waals surface area contributed by atoms with Crippen LogP contribution in [0.15, 0.2) is 109 Å². The Kier molecular flexibility index (Phi) is 69.9. The number of rotatable bonds is 73. The van der Waals surface area contributed by atoms with E-state index in [0.717, 1.165) is 148 Å². The summed E-state index contributed by atoms with van der Waals surface area (Å²) in [4.78, 5) is 72.9. The summed E-state index contributed by atoms with van der Waals surface area (Å²) in [7, 11) is -9.97. The lowest BCUT2D eigenvalue weighted by Crippen LogP contribution is -2.30. The topological polar surface area (TPSA) is 237 Å². The molecule has 19 heteroatoms. The number of unbranched alkanes of at least 4 members (excludes halogenated alkanes) is 29. The maximum Gasteiger partial charge on any atom is 0.472 e. The first-order valence-electron chi connectivity index (χ1n) is 39.1. The largest absolute Gasteiger partial charge is 0.472 e. The van der Waals surface area contributed by atoms with Crippen molar-refractivity contribution in [1.82, 2.24) is 0 Å². The average Bonchev–Trinajstić information content (AvgIpc) is 1.06. The van der Waals surface area contributed by atoms with Gasteiger partial charge in [0.05, 0.1) is 26.4 Å². The Morgan fingerprint density at radius 1 is 0.290 bits per heavy atom. The lowest BCUT2D eigenvalue weighted by molar-refractivity contribution is -0.161. The van der Waals surface area contributed by atoms with Gasteiger partial charge >= 0.3 is 39.5 Å². The van der Waals surface area contributed by atoms with Crippen molar-refractivity contribution in [1.29, 1.82) is 0 Å². The summed E-state index contributed by atoms with van der Waals surface area (Å²) in [6, 6.07) is 0. The standard InChI is InChI=1S/C81H140O17P2/c1-5-9-13-17-21-25-29-33-36-37-40-43-46-50-54-58-62-66-79(84)92-72-77(98-81(86)68-64-60-56-52-48-44-39-35-31-27-23-19-15-11-7-3)74-96-100(89,90)94-70-75(82)69-93-99(87,88)95-73-76(97-80(85)67-63-59-55-51-47-41-32-28-24-20-16-12-8-4)71-91-78(83)65-61-57-53-49-45-42-38-34-30-26-22-18-14-10-6-2/h9,11,13,15,21,23,25,27,33-36,38-40,43,48,52,75-77,82H,5-8,10,12,14,16-20,22,24,26,28-32,37,41-42,44-47,49-51,53-74H2,1-4H3,(H,87,88)(H,89,90)/b13-9-,15-11-,25-21-,27-23-,36-33-,38-34-,39-35-,43-40-,52-48-. The van der Waals surface area contributed by atoms with Crippen molar-refractivity contribution in [2.75, 3.05) is 39.6 Å². The molecule has 0 heterocycles. The van der Waals surface area contributed by atoms with E-state index in [1.807, 2.05) is 0 Å². The predicted molar refractivity (Wildman–Crippen MR) is 408 cm³/mol. The maximum absolute atomic E-state index is 13.1. The third-order valence-corrected chi connectivity index (χ3v) is 18.1. The second-order valence-corrected chi connectivity index (χ2v) is 28.8. The first kappa shape index (κ1) is 95.7. The molecule has 0 saturated carbocycles. The van der Waals surface area contributed by atoms with Crippen LogP contribution in [0.1, 0.15) is 323 Å². The molecule has 0 amide bonds. The van der Waals surface area contributed by atoms with E-state index in [0.29, 0.717) is 32.1 Å². The van der Waals surface area contributed by atoms with Gasteiger partial charge in [-0.25, -0.2) is 9.13 Å². The van der Waals surface area contributed by atoms with E-state index < -0.39 is 97.5 Å². The summed E-state index contributed by atoms with van der Waals surface area (Å²) in [6.45, 7) is 4.58. The Balaban J connectivity index is 5.40. The second-order valence-electron chi connectivity index (χ2n) is 25.9. The smallest absolute Gasteiger partial charge is 0.462 e. The molecule has 0 aromatic heterocycles. The number of hydrogen-bond acceptors (Lipinski definition) is 15. The third-order valence-electron chi connectivity index (χ3n) is 16.2. The van der Waals surface area contributed by atoms with Gasteiger partial charge in [-0.3, -0.25) is 37.3 Å². The van der Waals surface area contributed by atoms with Crippen LogP contribution in [0.4, 0.5) is 0 Å². The van der Waals surface area contributed by atoms with Gasteiger partial charge < -0.3 is 33.8 Å². The van der Waals surface area contributed by atoms with Crippen LogP contribution >= 0.6 is 15.6 Å². The van der Waals surface area contributed by atoms with Gasteiger partial charge in [0.2, 0.25) is 0 Å². The number of carbonyl (C=O) groups is 4. The third kappa shape index (κ3) is 72.1. The molecule has 576 valence electrons. The molecule has 0 aliphatic rings. The quantitative estimate of drug-likeness (QED) is 0.0169. The zero-order valence-electron chi connectivity index (χ0n) is 62.8. The van der Waals surface area contributed by atoms with Crippen LogP contribution in [-0.4, -0.2) is 96.7 Å². The molecule has 0 radical (unpaired) electrons. The van der Waals surface area contributed by atoms with Gasteiger partial charge in [0.25, 0.3) is 0 Å². The molecule has 5 atom stereocenters. The van der Waals surface area contributed by atoms with E-state index in [1.165, 1.54) is 89.9 Å². The van der Waals surface area contributed by atoms with Crippen molar-refractivity contribution in [3.63, 3.8) is 0 Å². The molecule has 0 spiro atoms. The Hall–Kier alpha value is -4.28. The lowest BCUT2D eigenvalue weighted by atomic mass is 10.0. The molecule has 0 aliphatic carbocycles. The van der Waals surface area contributed by atoms with E-state index in [1.54, 1.807) is 0 Å². The maximum atomic E-state index is 13.1. The van der Waals surface area contributed by atoms with E-state index in [9.17, 15) is 43.2 Å². The highest BCUT2D eigenvalue weighted by Crippen LogP contribution is 2.45. The van der Waals surface area contributed by atoms with E-state index in [2.05, 4.69) is 137 Å². The zero-order valence-corrected chi connectivity index (χ0v) is 64.6. The van der Waals surface area contributed by atoms with Crippen LogP contribution in [0.2, 0.25) is 0 Å². The lowest BCUT2D eigenvalue weighted by Gasteiger charge is -2.21. The van der Waals surface area contributed by atoms with Gasteiger partial charge in [-0.05, 0) is 128 Å². The number of allylic oxidation sites excluding steroid dienone is 18. The summed E-state index contributed by atoms with van der Waals surface area (Å²) in [5, 5.41) is 10.6. The van der Waals surface area contributed by atoms with Gasteiger partial charge in [-0.1, -0.05) is 278 Å². The molecular weight excluding hydrogens is 1310 g/mol. The average molecular weight is 1450 g/mol. The number of carbonyl (C=O) groups excluding carboxylic acids is 4. The van der Waals surface area contributed by atoms with Crippen molar-refractivity contribution in [2.45, 2.75) is 341 Å². The van der Waals surface area contributed by atoms with Crippen molar-refractivity contribution in [3.8, 4) is 0 Å². The van der Waals surface area contributed by atoms with E-state index in [-0.39, 0.29) is 25.7 Å². The van der Waals surface area contributed by atoms with Crippen molar-refractivity contribution in [2.24, 2.45) is 0 Å². The predicted octanol–water partition coefficient (Wildman–Crippen LogP) is 22.6. The Bertz CT molecular complexity index is 2320. The fourth-order valence-electron chi connectivity index (χ4n) is 10.3. The van der Waals surface area contributed by atoms with Crippen LogP contribution in [0.3, 0.4) is 0 Å². The normalized spacial score (nSPS) is 14.5. The molecule has 100 heavy (non-hydrogen) atoms. The Morgan fingerprint density at radius 2 is 0.520 bits per heavy atom. The Morgan fingerprint density at radius 3 is 0.830 bits per heavy atom. The number of phosphoric ester groups is 2. The molecule has 0 aliphatic heterocycles. The molecule has 0 rings (SSSR count). The molecule has 0 aromatic rings. The summed E-state index contributed by atoms with van der Waals surface area (Å²) in [5.41, 5.74) is 0. The van der Waals surface area contributed by atoms with Gasteiger partial charge in [0, 0.05) is 25.7 Å². The molecule has 0 bridgehead atoms. The number of phosphoric acid groups is 2. The Labute approximate surface area is 607 Å². The molecule has 17 nitrogen and oxygen atoms in total. The van der Waals surface area contributed by atoms with Crippen LogP contribution in [-0.2, 0) is 65.4 Å². The molecule has 3 N–H and O–H groups in total. The number of aliphatic hydroxyl groups excluding tert-OH is 1. The minimum Gasteiger partial charge on any atom is -0.462 e. The number of hydrogen-bond donors (Lipinski definition) is 3. The molecule has 0 aromatic carbocycles. The fraction of sp³-hybridized carbons (Fsp3) is 0.728. The molecule has 0 saturated heterocycles. The highest BCUT2D eigenvalue weighted by Gasteiger charge is 2.30. The zero-order chi connectivity index (χ0) is 73.2. The van der Waals surface area contributed by atoms with Gasteiger partial charge in [-0.15, -0.1) is 0 Å². The van der Waals surface area contributed by atoms with Crippen LogP contribution in [0, 0.1) is 0 Å².